The Labute approximate surface area is 125 Å². The molecule has 2 aromatic carbocycles. The number of halogens is 2. The van der Waals surface area contributed by atoms with E-state index in [2.05, 4.69) is 26.6 Å². The minimum absolute atomic E-state index is 0.236. The van der Waals surface area contributed by atoms with Gasteiger partial charge in [-0.1, -0.05) is 40.2 Å². The molecule has 0 atom stereocenters. The third-order valence-electron chi connectivity index (χ3n) is 2.48. The molecule has 2 aromatic rings. The molecule has 0 amide bonds. The number of hydrogen-bond acceptors (Lipinski definition) is 1. The lowest BCUT2D eigenvalue weighted by Crippen LogP contribution is -2.28. The molecule has 0 heterocycles. The summed E-state index contributed by atoms with van der Waals surface area (Å²) in [6.07, 6.45) is 0. The Morgan fingerprint density at radius 3 is 2.68 bits per heavy atom. The van der Waals surface area contributed by atoms with Gasteiger partial charge in [-0.15, -0.1) is 0 Å². The van der Waals surface area contributed by atoms with Gasteiger partial charge in [0.15, 0.2) is 5.11 Å². The first-order chi connectivity index (χ1) is 9.15. The normalized spacial score (nSPS) is 10.0. The highest BCUT2D eigenvalue weighted by atomic mass is 79.9. The van der Waals surface area contributed by atoms with Crippen LogP contribution >= 0.6 is 28.1 Å². The molecule has 0 aliphatic carbocycles. The van der Waals surface area contributed by atoms with E-state index in [9.17, 15) is 4.39 Å². The molecule has 98 valence electrons. The van der Waals surface area contributed by atoms with Gasteiger partial charge < -0.3 is 10.6 Å². The predicted molar refractivity (Wildman–Crippen MR) is 83.6 cm³/mol. The molecule has 0 spiro atoms. The number of anilines is 1. The van der Waals surface area contributed by atoms with Crippen molar-refractivity contribution in [2.45, 2.75) is 6.54 Å². The van der Waals surface area contributed by atoms with Crippen LogP contribution in [0.3, 0.4) is 0 Å². The molecular formula is C14H12BrFN2S. The molecule has 0 saturated heterocycles. The zero-order valence-corrected chi connectivity index (χ0v) is 12.4. The lowest BCUT2D eigenvalue weighted by molar-refractivity contribution is 0.606. The third-order valence-corrected chi connectivity index (χ3v) is 3.22. The van der Waals surface area contributed by atoms with Crippen molar-refractivity contribution in [2.75, 3.05) is 5.32 Å². The summed E-state index contributed by atoms with van der Waals surface area (Å²) in [5.41, 5.74) is 1.46. The fraction of sp³-hybridized carbons (Fsp3) is 0.0714. The summed E-state index contributed by atoms with van der Waals surface area (Å²) < 4.78 is 14.4. The number of nitrogens with one attached hydrogen (secondary N) is 2. The van der Waals surface area contributed by atoms with Crippen LogP contribution in [0.25, 0.3) is 0 Å². The van der Waals surface area contributed by atoms with Crippen LogP contribution in [-0.2, 0) is 6.54 Å². The van der Waals surface area contributed by atoms with Crippen molar-refractivity contribution in [3.05, 3.63) is 64.4 Å². The van der Waals surface area contributed by atoms with Gasteiger partial charge in [-0.05, 0) is 36.5 Å². The standard InChI is InChI=1S/C14H12BrFN2S/c15-11-5-3-6-12(8-11)18-14(19)17-9-10-4-1-2-7-13(10)16/h1-8H,9H2,(H2,17,18,19). The molecule has 0 unspecified atom stereocenters. The van der Waals surface area contributed by atoms with Gasteiger partial charge >= 0.3 is 0 Å². The van der Waals surface area contributed by atoms with Gasteiger partial charge in [0.25, 0.3) is 0 Å². The van der Waals surface area contributed by atoms with Gasteiger partial charge in [0.2, 0.25) is 0 Å². The molecule has 0 saturated carbocycles. The van der Waals surface area contributed by atoms with Crippen LogP contribution in [0.4, 0.5) is 10.1 Å². The zero-order chi connectivity index (χ0) is 13.7. The summed E-state index contributed by atoms with van der Waals surface area (Å²) in [6.45, 7) is 0.354. The van der Waals surface area contributed by atoms with E-state index in [0.29, 0.717) is 17.2 Å². The van der Waals surface area contributed by atoms with E-state index >= 15 is 0 Å². The fourth-order valence-corrected chi connectivity index (χ4v) is 2.15. The second-order valence-corrected chi connectivity index (χ2v) is 5.23. The van der Waals surface area contributed by atoms with Crippen molar-refractivity contribution in [2.24, 2.45) is 0 Å². The molecule has 0 aromatic heterocycles. The minimum Gasteiger partial charge on any atom is -0.358 e. The lowest BCUT2D eigenvalue weighted by Gasteiger charge is -2.11. The Morgan fingerprint density at radius 1 is 1.16 bits per heavy atom. The Morgan fingerprint density at radius 2 is 1.95 bits per heavy atom. The molecule has 19 heavy (non-hydrogen) atoms. The molecule has 0 aliphatic heterocycles. The Kier molecular flexibility index (Phi) is 4.87. The highest BCUT2D eigenvalue weighted by Gasteiger charge is 2.02. The van der Waals surface area contributed by atoms with Crippen LogP contribution in [0.2, 0.25) is 0 Å². The maximum absolute atomic E-state index is 13.4. The quantitative estimate of drug-likeness (QED) is 0.824. The summed E-state index contributed by atoms with van der Waals surface area (Å²) in [5, 5.41) is 6.47. The highest BCUT2D eigenvalue weighted by molar-refractivity contribution is 9.10. The van der Waals surface area contributed by atoms with Gasteiger partial charge in [0, 0.05) is 22.3 Å². The van der Waals surface area contributed by atoms with Gasteiger partial charge in [0.05, 0.1) is 0 Å². The predicted octanol–water partition coefficient (Wildman–Crippen LogP) is 4.07. The summed E-state index contributed by atoms with van der Waals surface area (Å²) in [5.74, 6) is -0.236. The maximum Gasteiger partial charge on any atom is 0.171 e. The van der Waals surface area contributed by atoms with Crippen LogP contribution < -0.4 is 10.6 Å². The molecule has 2 rings (SSSR count). The van der Waals surface area contributed by atoms with Gasteiger partial charge in [-0.25, -0.2) is 4.39 Å². The number of thiocarbonyl (C=S) groups is 1. The van der Waals surface area contributed by atoms with Crippen molar-refractivity contribution in [3.63, 3.8) is 0 Å². The van der Waals surface area contributed by atoms with E-state index < -0.39 is 0 Å². The molecule has 2 N–H and O–H groups in total. The van der Waals surface area contributed by atoms with Gasteiger partial charge in [-0.2, -0.15) is 0 Å². The molecule has 0 fully saturated rings. The summed E-state index contributed by atoms with van der Waals surface area (Å²) >= 11 is 8.55. The van der Waals surface area contributed by atoms with Gasteiger partial charge in [-0.3, -0.25) is 0 Å². The first-order valence-electron chi connectivity index (χ1n) is 5.69. The number of hydrogen-bond donors (Lipinski definition) is 2. The van der Waals surface area contributed by atoms with Crippen molar-refractivity contribution >= 4 is 38.9 Å². The van der Waals surface area contributed by atoms with E-state index in [0.717, 1.165) is 10.2 Å². The Bertz CT molecular complexity index is 589. The Balaban J connectivity index is 1.90. The van der Waals surface area contributed by atoms with Crippen LogP contribution in [0, 0.1) is 5.82 Å². The first-order valence-corrected chi connectivity index (χ1v) is 6.89. The van der Waals surface area contributed by atoms with Crippen LogP contribution in [0.1, 0.15) is 5.56 Å². The zero-order valence-electron chi connectivity index (χ0n) is 9.99. The fourth-order valence-electron chi connectivity index (χ4n) is 1.56. The minimum atomic E-state index is -0.236. The number of benzene rings is 2. The first kappa shape index (κ1) is 14.0. The van der Waals surface area contributed by atoms with E-state index in [1.165, 1.54) is 6.07 Å². The molecule has 0 aliphatic rings. The van der Waals surface area contributed by atoms with Crippen LogP contribution in [0.15, 0.2) is 53.0 Å². The Hall–Kier alpha value is -1.46. The van der Waals surface area contributed by atoms with Crippen molar-refractivity contribution in [1.29, 1.82) is 0 Å². The molecule has 0 radical (unpaired) electrons. The van der Waals surface area contributed by atoms with E-state index in [4.69, 9.17) is 12.2 Å². The molecule has 2 nitrogen and oxygen atoms in total. The SMILES string of the molecule is Fc1ccccc1CNC(=S)Nc1cccc(Br)c1. The summed E-state index contributed by atoms with van der Waals surface area (Å²) in [4.78, 5) is 0. The van der Waals surface area contributed by atoms with Crippen molar-refractivity contribution in [3.8, 4) is 0 Å². The average Bonchev–Trinajstić information content (AvgIpc) is 2.38. The monoisotopic (exact) mass is 338 g/mol. The third kappa shape index (κ3) is 4.29. The largest absolute Gasteiger partial charge is 0.358 e. The smallest absolute Gasteiger partial charge is 0.171 e. The van der Waals surface area contributed by atoms with Crippen LogP contribution in [0.5, 0.6) is 0 Å². The number of rotatable bonds is 3. The highest BCUT2D eigenvalue weighted by Crippen LogP contribution is 2.15. The van der Waals surface area contributed by atoms with Gasteiger partial charge in [0.1, 0.15) is 5.82 Å². The summed E-state index contributed by atoms with van der Waals surface area (Å²) in [6, 6.07) is 14.3. The molecule has 5 heteroatoms. The second-order valence-electron chi connectivity index (χ2n) is 3.91. The summed E-state index contributed by atoms with van der Waals surface area (Å²) in [7, 11) is 0. The molecular weight excluding hydrogens is 327 g/mol. The second kappa shape index (κ2) is 6.63. The van der Waals surface area contributed by atoms with E-state index in [-0.39, 0.29) is 5.82 Å². The lowest BCUT2D eigenvalue weighted by atomic mass is 10.2. The maximum atomic E-state index is 13.4. The average molecular weight is 339 g/mol. The topological polar surface area (TPSA) is 24.1 Å². The van der Waals surface area contributed by atoms with E-state index in [1.807, 2.05) is 24.3 Å². The van der Waals surface area contributed by atoms with Crippen LogP contribution in [-0.4, -0.2) is 5.11 Å². The van der Waals surface area contributed by atoms with E-state index in [1.54, 1.807) is 18.2 Å². The van der Waals surface area contributed by atoms with Crippen molar-refractivity contribution in [1.82, 2.24) is 5.32 Å². The molecule has 0 bridgehead atoms. The van der Waals surface area contributed by atoms with Crippen molar-refractivity contribution < 1.29 is 4.39 Å².